The minimum atomic E-state index is -0.870. The van der Waals surface area contributed by atoms with Gasteiger partial charge in [0.1, 0.15) is 34.8 Å². The Morgan fingerprint density at radius 2 is 1.97 bits per heavy atom. The van der Waals surface area contributed by atoms with Gasteiger partial charge in [-0.3, -0.25) is 9.59 Å². The molecule has 4 rings (SSSR count). The first kappa shape index (κ1) is 19.6. The summed E-state index contributed by atoms with van der Waals surface area (Å²) in [5.41, 5.74) is 1.13. The predicted molar refractivity (Wildman–Crippen MR) is 108 cm³/mol. The zero-order valence-electron chi connectivity index (χ0n) is 16.8. The fourth-order valence-electron chi connectivity index (χ4n) is 3.68. The number of nitrogens with zero attached hydrogens (tertiary/aromatic N) is 1. The van der Waals surface area contributed by atoms with Crippen molar-refractivity contribution >= 4 is 17.4 Å². The molecule has 154 valence electrons. The van der Waals surface area contributed by atoms with E-state index in [-0.39, 0.29) is 17.9 Å². The molecule has 1 aliphatic heterocycles. The molecule has 0 radical (unpaired) electrons. The Kier molecular flexibility index (Phi) is 4.95. The number of ketones is 1. The third kappa shape index (κ3) is 3.28. The van der Waals surface area contributed by atoms with Gasteiger partial charge < -0.3 is 23.6 Å². The van der Waals surface area contributed by atoms with E-state index in [1.54, 1.807) is 63.4 Å². The van der Waals surface area contributed by atoms with E-state index in [0.29, 0.717) is 34.2 Å². The number of carbonyl (C=O) groups excluding carboxylic acids is 2. The number of likely N-dealkylation sites (tertiary alicyclic amines) is 1. The van der Waals surface area contributed by atoms with E-state index in [1.165, 1.54) is 11.2 Å². The molecule has 7 nitrogen and oxygen atoms in total. The van der Waals surface area contributed by atoms with Crippen LogP contribution in [0.1, 0.15) is 34.4 Å². The molecule has 3 aromatic rings. The van der Waals surface area contributed by atoms with Gasteiger partial charge in [-0.05, 0) is 61.9 Å². The smallest absolute Gasteiger partial charge is 0.296 e. The molecule has 0 bridgehead atoms. The van der Waals surface area contributed by atoms with Gasteiger partial charge in [0, 0.05) is 5.56 Å². The second kappa shape index (κ2) is 7.59. The Balaban J connectivity index is 1.86. The number of Topliss-reactive ketones (excluding diaryl/α,β-unsaturated/α-hetero) is 1. The van der Waals surface area contributed by atoms with Crippen molar-refractivity contribution in [2.24, 2.45) is 0 Å². The number of aryl methyl sites for hydroxylation is 2. The highest BCUT2D eigenvalue weighted by atomic mass is 16.5. The molecular formula is C23H21NO6. The van der Waals surface area contributed by atoms with Gasteiger partial charge in [0.15, 0.2) is 0 Å². The average Bonchev–Trinajstić information content (AvgIpc) is 3.45. The molecule has 1 amide bonds. The molecule has 1 saturated heterocycles. The quantitative estimate of drug-likeness (QED) is 0.389. The van der Waals surface area contributed by atoms with Crippen molar-refractivity contribution in [1.29, 1.82) is 0 Å². The summed E-state index contributed by atoms with van der Waals surface area (Å²) in [5.74, 6) is 0.424. The molecule has 0 spiro atoms. The van der Waals surface area contributed by atoms with Crippen molar-refractivity contribution in [3.63, 3.8) is 0 Å². The molecule has 0 saturated carbocycles. The van der Waals surface area contributed by atoms with E-state index in [2.05, 4.69) is 0 Å². The average molecular weight is 407 g/mol. The monoisotopic (exact) mass is 407 g/mol. The number of rotatable bonds is 5. The Bertz CT molecular complexity index is 1140. The van der Waals surface area contributed by atoms with Crippen LogP contribution in [0.15, 0.2) is 63.1 Å². The molecule has 2 aromatic heterocycles. The van der Waals surface area contributed by atoms with Crippen molar-refractivity contribution < 1.29 is 28.3 Å². The van der Waals surface area contributed by atoms with Crippen molar-refractivity contribution in [3.8, 4) is 5.75 Å². The van der Waals surface area contributed by atoms with Gasteiger partial charge in [0.05, 0.1) is 25.5 Å². The van der Waals surface area contributed by atoms with E-state index in [0.717, 1.165) is 0 Å². The molecule has 3 heterocycles. The van der Waals surface area contributed by atoms with Crippen LogP contribution in [0, 0.1) is 13.8 Å². The molecule has 1 unspecified atom stereocenters. The van der Waals surface area contributed by atoms with Crippen molar-refractivity contribution in [1.82, 2.24) is 4.90 Å². The molecular weight excluding hydrogens is 386 g/mol. The zero-order chi connectivity index (χ0) is 21.4. The summed E-state index contributed by atoms with van der Waals surface area (Å²) in [4.78, 5) is 27.2. The van der Waals surface area contributed by atoms with Gasteiger partial charge in [0.2, 0.25) is 0 Å². The summed E-state index contributed by atoms with van der Waals surface area (Å²) in [7, 11) is 1.55. The largest absolute Gasteiger partial charge is 0.507 e. The normalized spacial score (nSPS) is 18.2. The Labute approximate surface area is 173 Å². The van der Waals surface area contributed by atoms with Gasteiger partial charge in [0.25, 0.3) is 11.7 Å². The second-order valence-electron chi connectivity index (χ2n) is 7.14. The number of carbonyl (C=O) groups is 2. The van der Waals surface area contributed by atoms with Gasteiger partial charge >= 0.3 is 0 Å². The number of aliphatic hydroxyl groups is 1. The first-order valence-corrected chi connectivity index (χ1v) is 9.43. The molecule has 0 aliphatic carbocycles. The maximum Gasteiger partial charge on any atom is 0.296 e. The van der Waals surface area contributed by atoms with Gasteiger partial charge in [-0.2, -0.15) is 0 Å². The van der Waals surface area contributed by atoms with Crippen molar-refractivity contribution in [2.75, 3.05) is 7.11 Å². The zero-order valence-corrected chi connectivity index (χ0v) is 16.8. The lowest BCUT2D eigenvalue weighted by Crippen LogP contribution is -2.28. The lowest BCUT2D eigenvalue weighted by Gasteiger charge is -2.22. The first-order valence-electron chi connectivity index (χ1n) is 9.43. The van der Waals surface area contributed by atoms with E-state index in [9.17, 15) is 14.7 Å². The van der Waals surface area contributed by atoms with Gasteiger partial charge in [-0.25, -0.2) is 0 Å². The molecule has 1 aromatic carbocycles. The highest BCUT2D eigenvalue weighted by Gasteiger charge is 2.48. The fourth-order valence-corrected chi connectivity index (χ4v) is 3.68. The molecule has 30 heavy (non-hydrogen) atoms. The molecule has 1 fully saturated rings. The van der Waals surface area contributed by atoms with Gasteiger partial charge in [-0.15, -0.1) is 0 Å². The topological polar surface area (TPSA) is 93.1 Å². The Hall–Kier alpha value is -3.74. The van der Waals surface area contributed by atoms with Crippen LogP contribution in [-0.4, -0.2) is 28.8 Å². The van der Waals surface area contributed by atoms with Crippen LogP contribution in [0.3, 0.4) is 0 Å². The maximum absolute atomic E-state index is 13.0. The highest BCUT2D eigenvalue weighted by Crippen LogP contribution is 2.41. The predicted octanol–water partition coefficient (Wildman–Crippen LogP) is 4.12. The van der Waals surface area contributed by atoms with Crippen molar-refractivity contribution in [3.05, 3.63) is 82.7 Å². The molecule has 1 N–H and O–H groups in total. The third-order valence-electron chi connectivity index (χ3n) is 5.17. The van der Waals surface area contributed by atoms with Crippen LogP contribution in [0.25, 0.3) is 5.76 Å². The molecule has 1 aliphatic rings. The highest BCUT2D eigenvalue weighted by molar-refractivity contribution is 6.46. The minimum absolute atomic E-state index is 0.0193. The van der Waals surface area contributed by atoms with Crippen LogP contribution >= 0.6 is 0 Å². The van der Waals surface area contributed by atoms with Crippen LogP contribution < -0.4 is 4.74 Å². The number of amides is 1. The number of furan rings is 2. The number of methoxy groups -OCH3 is 1. The summed E-state index contributed by atoms with van der Waals surface area (Å²) < 4.78 is 16.3. The Morgan fingerprint density at radius 1 is 1.17 bits per heavy atom. The number of benzene rings is 1. The molecule has 7 heteroatoms. The lowest BCUT2D eigenvalue weighted by molar-refractivity contribution is -0.140. The Morgan fingerprint density at radius 3 is 2.57 bits per heavy atom. The lowest BCUT2D eigenvalue weighted by atomic mass is 9.97. The maximum atomic E-state index is 13.0. The SMILES string of the molecule is COc1ccc(/C(O)=C2/C(=O)C(=O)N(Cc3ccco3)C2c2ccc(C)o2)c(C)c1. The van der Waals surface area contributed by atoms with E-state index in [1.807, 2.05) is 0 Å². The van der Waals surface area contributed by atoms with Crippen LogP contribution in [-0.2, 0) is 16.1 Å². The number of hydrogen-bond donors (Lipinski definition) is 1. The summed E-state index contributed by atoms with van der Waals surface area (Å²) >= 11 is 0. The van der Waals surface area contributed by atoms with Crippen LogP contribution in [0.5, 0.6) is 5.75 Å². The van der Waals surface area contributed by atoms with Crippen LogP contribution in [0.4, 0.5) is 0 Å². The number of hydrogen-bond acceptors (Lipinski definition) is 6. The van der Waals surface area contributed by atoms with E-state index < -0.39 is 17.7 Å². The summed E-state index contributed by atoms with van der Waals surface area (Å²) in [6.45, 7) is 3.64. The summed E-state index contributed by atoms with van der Waals surface area (Å²) in [5, 5.41) is 11.1. The minimum Gasteiger partial charge on any atom is -0.507 e. The second-order valence-corrected chi connectivity index (χ2v) is 7.14. The fraction of sp³-hybridized carbons (Fsp3) is 0.217. The van der Waals surface area contributed by atoms with Crippen LogP contribution in [0.2, 0.25) is 0 Å². The number of aliphatic hydroxyl groups excluding tert-OH is 1. The summed E-state index contributed by atoms with van der Waals surface area (Å²) in [6, 6.07) is 11.1. The first-order chi connectivity index (χ1) is 14.4. The number of ether oxygens (including phenoxy) is 1. The van der Waals surface area contributed by atoms with Crippen molar-refractivity contribution in [2.45, 2.75) is 26.4 Å². The third-order valence-corrected chi connectivity index (χ3v) is 5.17. The van der Waals surface area contributed by atoms with Gasteiger partial charge in [-0.1, -0.05) is 0 Å². The standard InChI is InChI=1S/C23H21NO6/c1-13-11-15(28-3)7-8-17(13)21(25)19-20(18-9-6-14(2)30-18)24(23(27)22(19)26)12-16-5-4-10-29-16/h4-11,20,25H,12H2,1-3H3/b21-19-. The van der Waals surface area contributed by atoms with E-state index in [4.69, 9.17) is 13.6 Å². The molecule has 1 atom stereocenters. The summed E-state index contributed by atoms with van der Waals surface area (Å²) in [6.07, 6.45) is 1.50. The van der Waals surface area contributed by atoms with E-state index >= 15 is 0 Å².